The fraction of sp³-hybridized carbons (Fsp3) is 0.0294. The van der Waals surface area contributed by atoms with Gasteiger partial charge in [0, 0.05) is 32.5 Å². The Kier molecular flexibility index (Phi) is 5.91. The highest BCUT2D eigenvalue weighted by Crippen LogP contribution is 2.34. The van der Waals surface area contributed by atoms with Gasteiger partial charge in [-0.05, 0) is 55.1 Å². The lowest BCUT2D eigenvalue weighted by atomic mass is 10.1. The summed E-state index contributed by atoms with van der Waals surface area (Å²) in [5, 5.41) is 3.19. The summed E-state index contributed by atoms with van der Waals surface area (Å²) in [5.41, 5.74) is 6.67. The Labute approximate surface area is 231 Å². The van der Waals surface area contributed by atoms with Gasteiger partial charge in [-0.1, -0.05) is 96.6 Å². The van der Waals surface area contributed by atoms with E-state index < -0.39 is 0 Å². The molecule has 2 aromatic heterocycles. The van der Waals surface area contributed by atoms with E-state index in [1.165, 1.54) is 27.4 Å². The van der Waals surface area contributed by atoms with Gasteiger partial charge in [-0.15, -0.1) is 0 Å². The van der Waals surface area contributed by atoms with E-state index in [0.29, 0.717) is 16.8 Å². The highest BCUT2D eigenvalue weighted by molar-refractivity contribution is 7.99. The topological polar surface area (TPSA) is 43.6 Å². The van der Waals surface area contributed by atoms with E-state index in [1.54, 1.807) is 11.8 Å². The van der Waals surface area contributed by atoms with Gasteiger partial charge in [-0.2, -0.15) is 0 Å². The Balaban J connectivity index is 1.27. The molecule has 0 aliphatic rings. The van der Waals surface area contributed by atoms with E-state index in [4.69, 9.17) is 15.0 Å². The summed E-state index contributed by atoms with van der Waals surface area (Å²) in [4.78, 5) is 15.6. The van der Waals surface area contributed by atoms with Crippen molar-refractivity contribution in [3.63, 3.8) is 0 Å². The zero-order chi connectivity index (χ0) is 26.2. The van der Waals surface area contributed by atoms with E-state index in [0.717, 1.165) is 21.7 Å². The average molecular weight is 521 g/mol. The van der Waals surface area contributed by atoms with E-state index in [9.17, 15) is 0 Å². The molecule has 5 heteroatoms. The summed E-state index contributed by atoms with van der Waals surface area (Å²) in [6, 6.07) is 44.1. The molecule has 7 rings (SSSR count). The van der Waals surface area contributed by atoms with Gasteiger partial charge in [0.1, 0.15) is 0 Å². The molecule has 0 bridgehead atoms. The minimum Gasteiger partial charge on any atom is -0.309 e. The van der Waals surface area contributed by atoms with Crippen molar-refractivity contribution >= 4 is 33.6 Å². The molecular weight excluding hydrogens is 496 g/mol. The Morgan fingerprint density at radius 2 is 1.05 bits per heavy atom. The zero-order valence-electron chi connectivity index (χ0n) is 21.3. The fourth-order valence-corrected chi connectivity index (χ4v) is 5.67. The predicted molar refractivity (Wildman–Crippen MR) is 160 cm³/mol. The number of rotatable bonds is 5. The quantitative estimate of drug-likeness (QED) is 0.228. The van der Waals surface area contributed by atoms with Crippen LogP contribution < -0.4 is 0 Å². The normalized spacial score (nSPS) is 11.3. The lowest BCUT2D eigenvalue weighted by molar-refractivity contribution is 0.920. The van der Waals surface area contributed by atoms with Crippen LogP contribution in [-0.2, 0) is 0 Å². The minimum atomic E-state index is 0.670. The molecule has 0 N–H and O–H groups in total. The van der Waals surface area contributed by atoms with Crippen LogP contribution in [0.1, 0.15) is 5.56 Å². The molecule has 4 nitrogen and oxygen atoms in total. The predicted octanol–water partition coefficient (Wildman–Crippen LogP) is 8.76. The third kappa shape index (κ3) is 4.47. The Morgan fingerprint density at radius 1 is 0.513 bits per heavy atom. The number of aryl methyl sites for hydroxylation is 1. The number of nitrogens with zero attached hydrogens (tertiary/aromatic N) is 4. The maximum atomic E-state index is 4.84. The van der Waals surface area contributed by atoms with Crippen LogP contribution in [-0.4, -0.2) is 19.5 Å². The molecule has 0 fully saturated rings. The van der Waals surface area contributed by atoms with Gasteiger partial charge in [0.05, 0.1) is 11.0 Å². The van der Waals surface area contributed by atoms with Gasteiger partial charge in [0.25, 0.3) is 0 Å². The summed E-state index contributed by atoms with van der Waals surface area (Å²) in [5.74, 6) is 1.35. The van der Waals surface area contributed by atoms with Gasteiger partial charge in [0.15, 0.2) is 16.8 Å². The van der Waals surface area contributed by atoms with Crippen LogP contribution in [0.15, 0.2) is 137 Å². The molecule has 0 aliphatic carbocycles. The number of hydrogen-bond acceptors (Lipinski definition) is 4. The van der Waals surface area contributed by atoms with Crippen molar-refractivity contribution < 1.29 is 0 Å². The second-order valence-electron chi connectivity index (χ2n) is 9.46. The van der Waals surface area contributed by atoms with Gasteiger partial charge < -0.3 is 4.57 Å². The largest absolute Gasteiger partial charge is 0.309 e. The van der Waals surface area contributed by atoms with Crippen LogP contribution in [0.3, 0.4) is 0 Å². The second kappa shape index (κ2) is 9.86. The molecule has 2 heterocycles. The number of aromatic nitrogens is 4. The van der Waals surface area contributed by atoms with Crippen LogP contribution >= 0.6 is 11.8 Å². The van der Waals surface area contributed by atoms with Crippen molar-refractivity contribution in [2.45, 2.75) is 17.0 Å². The number of fused-ring (bicyclic) bond motifs is 3. The molecule has 0 radical (unpaired) electrons. The monoisotopic (exact) mass is 520 g/mol. The van der Waals surface area contributed by atoms with Crippen molar-refractivity contribution in [1.82, 2.24) is 19.5 Å². The number of hydrogen-bond donors (Lipinski definition) is 0. The average Bonchev–Trinajstić information content (AvgIpc) is 3.33. The first-order chi connectivity index (χ1) is 19.2. The van der Waals surface area contributed by atoms with Crippen molar-refractivity contribution in [2.75, 3.05) is 0 Å². The van der Waals surface area contributed by atoms with Crippen molar-refractivity contribution in [3.05, 3.63) is 133 Å². The molecule has 0 spiro atoms. The van der Waals surface area contributed by atoms with Crippen LogP contribution in [0.2, 0.25) is 0 Å². The molecule has 0 atom stereocenters. The van der Waals surface area contributed by atoms with Crippen LogP contribution in [0.25, 0.3) is 50.3 Å². The van der Waals surface area contributed by atoms with E-state index in [2.05, 4.69) is 109 Å². The van der Waals surface area contributed by atoms with Gasteiger partial charge in [-0.3, -0.25) is 0 Å². The molecule has 186 valence electrons. The molecular formula is C34H24N4S. The van der Waals surface area contributed by atoms with Gasteiger partial charge >= 0.3 is 0 Å². The summed E-state index contributed by atoms with van der Waals surface area (Å²) in [6.07, 6.45) is 0. The van der Waals surface area contributed by atoms with Gasteiger partial charge in [-0.25, -0.2) is 15.0 Å². The van der Waals surface area contributed by atoms with Crippen molar-refractivity contribution in [2.24, 2.45) is 0 Å². The number of benzene rings is 5. The summed E-state index contributed by atoms with van der Waals surface area (Å²) >= 11 is 1.55. The second-order valence-corrected chi connectivity index (χ2v) is 10.5. The third-order valence-electron chi connectivity index (χ3n) is 6.84. The van der Waals surface area contributed by atoms with E-state index >= 15 is 0 Å². The van der Waals surface area contributed by atoms with Crippen LogP contribution in [0.5, 0.6) is 0 Å². The Bertz CT molecular complexity index is 1870. The van der Waals surface area contributed by atoms with Crippen LogP contribution in [0, 0.1) is 6.92 Å². The first kappa shape index (κ1) is 23.4. The first-order valence-corrected chi connectivity index (χ1v) is 13.7. The maximum Gasteiger partial charge on any atom is 0.196 e. The molecule has 0 aliphatic heterocycles. The maximum absolute atomic E-state index is 4.84. The lowest BCUT2D eigenvalue weighted by Crippen LogP contribution is -1.99. The molecule has 5 aromatic carbocycles. The van der Waals surface area contributed by atoms with Gasteiger partial charge in [0.2, 0.25) is 0 Å². The molecule has 39 heavy (non-hydrogen) atoms. The lowest BCUT2D eigenvalue weighted by Gasteiger charge is -2.10. The first-order valence-electron chi connectivity index (χ1n) is 12.9. The standard InChI is InChI=1S/C34H24N4S/c1-23-15-17-25(18-16-23)33-35-32(24-9-3-2-4-10-24)36-34(37-33)39-27-21-19-26(20-22-27)38-30-13-7-5-11-28(30)29-12-6-8-14-31(29)38/h2-22H,1H3. The summed E-state index contributed by atoms with van der Waals surface area (Å²) in [7, 11) is 0. The van der Waals surface area contributed by atoms with Crippen molar-refractivity contribution in [3.8, 4) is 28.5 Å². The van der Waals surface area contributed by atoms with Crippen LogP contribution in [0.4, 0.5) is 0 Å². The third-order valence-corrected chi connectivity index (χ3v) is 7.71. The highest BCUT2D eigenvalue weighted by atomic mass is 32.2. The molecule has 0 saturated heterocycles. The molecule has 0 unspecified atom stereocenters. The molecule has 7 aromatic rings. The summed E-state index contributed by atoms with van der Waals surface area (Å²) < 4.78 is 2.32. The van der Waals surface area contributed by atoms with E-state index in [1.807, 2.05) is 30.3 Å². The fourth-order valence-electron chi connectivity index (χ4n) is 4.92. The Morgan fingerprint density at radius 3 is 1.67 bits per heavy atom. The zero-order valence-corrected chi connectivity index (χ0v) is 22.1. The Hall–Kier alpha value is -4.74. The smallest absolute Gasteiger partial charge is 0.196 e. The molecule has 0 amide bonds. The SMILES string of the molecule is Cc1ccc(-c2nc(Sc3ccc(-n4c5ccccc5c5ccccc54)cc3)nc(-c3ccccc3)n2)cc1. The number of para-hydroxylation sites is 2. The minimum absolute atomic E-state index is 0.670. The van der Waals surface area contributed by atoms with Crippen molar-refractivity contribution in [1.29, 1.82) is 0 Å². The summed E-state index contributed by atoms with van der Waals surface area (Å²) in [6.45, 7) is 2.08. The molecule has 0 saturated carbocycles. The highest BCUT2D eigenvalue weighted by Gasteiger charge is 2.14. The van der Waals surface area contributed by atoms with E-state index in [-0.39, 0.29) is 0 Å².